The minimum absolute atomic E-state index is 0.0560. The maximum atomic E-state index is 6.25. The van der Waals surface area contributed by atoms with Gasteiger partial charge in [0, 0.05) is 32.9 Å². The van der Waals surface area contributed by atoms with Crippen molar-refractivity contribution >= 4 is 21.9 Å². The molecule has 0 amide bonds. The summed E-state index contributed by atoms with van der Waals surface area (Å²) in [6.07, 6.45) is 6.87. The van der Waals surface area contributed by atoms with Crippen LogP contribution in [0.5, 0.6) is 0 Å². The number of benzene rings is 8. The number of hydrogen-bond donors (Lipinski definition) is 0. The van der Waals surface area contributed by atoms with Crippen LogP contribution in [0.15, 0.2) is 192 Å². The first kappa shape index (κ1) is 37.0. The molecule has 2 heterocycles. The van der Waals surface area contributed by atoms with Gasteiger partial charge < -0.3 is 4.42 Å². The first-order valence-electron chi connectivity index (χ1n) is 23.4. The topological polar surface area (TPSA) is 51.8 Å². The Labute approximate surface area is 378 Å². The van der Waals surface area contributed by atoms with Gasteiger partial charge in [0.15, 0.2) is 17.5 Å². The molecule has 8 aromatic carbocycles. The first-order chi connectivity index (χ1) is 32.1. The lowest BCUT2D eigenvalue weighted by Crippen LogP contribution is -2.55. The van der Waals surface area contributed by atoms with Gasteiger partial charge in [0.05, 0.1) is 0 Å². The Morgan fingerprint density at radius 1 is 0.354 bits per heavy atom. The minimum atomic E-state index is 0.0560. The zero-order valence-corrected chi connectivity index (χ0v) is 36.0. The van der Waals surface area contributed by atoms with Crippen LogP contribution in [-0.4, -0.2) is 15.0 Å². The highest BCUT2D eigenvalue weighted by atomic mass is 16.3. The van der Waals surface area contributed by atoms with Gasteiger partial charge in [0.1, 0.15) is 11.2 Å². The Kier molecular flexibility index (Phi) is 8.13. The summed E-state index contributed by atoms with van der Waals surface area (Å²) in [6, 6.07) is 68.1. The summed E-state index contributed by atoms with van der Waals surface area (Å²) in [5.74, 6) is 5.13. The van der Waals surface area contributed by atoms with Gasteiger partial charge in [-0.1, -0.05) is 164 Å². The molecular weight excluding hydrogens is 791 g/mol. The fourth-order valence-electron chi connectivity index (χ4n) is 13.2. The molecule has 4 nitrogen and oxygen atoms in total. The summed E-state index contributed by atoms with van der Waals surface area (Å²) in [5, 5.41) is 2.36. The van der Waals surface area contributed by atoms with E-state index in [2.05, 4.69) is 127 Å². The van der Waals surface area contributed by atoms with Crippen LogP contribution >= 0.6 is 0 Å². The molecule has 4 bridgehead atoms. The number of fused-ring (bicyclic) bond motifs is 6. The molecule has 0 N–H and O–H groups in total. The second-order valence-corrected chi connectivity index (χ2v) is 19.2. The van der Waals surface area contributed by atoms with E-state index < -0.39 is 0 Å². The number of hydrogen-bond acceptors (Lipinski definition) is 4. The predicted octanol–water partition coefficient (Wildman–Crippen LogP) is 15.5. The van der Waals surface area contributed by atoms with Gasteiger partial charge in [-0.05, 0) is 136 Å². The van der Waals surface area contributed by atoms with Gasteiger partial charge in [-0.3, -0.25) is 0 Å². The molecule has 0 radical (unpaired) electrons. The number of aromatic nitrogens is 3. The van der Waals surface area contributed by atoms with Gasteiger partial charge in [0.25, 0.3) is 0 Å². The van der Waals surface area contributed by atoms with Crippen LogP contribution in [0.1, 0.15) is 43.2 Å². The summed E-state index contributed by atoms with van der Waals surface area (Å²) in [6.45, 7) is 0. The second kappa shape index (κ2) is 14.3. The minimum Gasteiger partial charge on any atom is -0.456 e. The summed E-state index contributed by atoms with van der Waals surface area (Å²) >= 11 is 0. The van der Waals surface area contributed by atoms with Crippen LogP contribution in [0, 0.1) is 23.7 Å². The molecule has 0 aliphatic heterocycles. The predicted molar refractivity (Wildman–Crippen MR) is 263 cm³/mol. The molecule has 15 rings (SSSR count). The third-order valence-electron chi connectivity index (χ3n) is 15.8. The monoisotopic (exact) mass is 835 g/mol. The van der Waals surface area contributed by atoms with Crippen molar-refractivity contribution in [2.45, 2.75) is 37.5 Å². The molecule has 5 aliphatic carbocycles. The average Bonchev–Trinajstić information content (AvgIpc) is 3.89. The van der Waals surface area contributed by atoms with Gasteiger partial charge in [-0.25, -0.2) is 15.0 Å². The van der Waals surface area contributed by atoms with Crippen LogP contribution in [-0.2, 0) is 5.41 Å². The number of para-hydroxylation sites is 1. The molecule has 4 fully saturated rings. The van der Waals surface area contributed by atoms with Gasteiger partial charge in [-0.2, -0.15) is 0 Å². The largest absolute Gasteiger partial charge is 0.456 e. The first-order valence-corrected chi connectivity index (χ1v) is 23.4. The maximum Gasteiger partial charge on any atom is 0.164 e. The molecule has 4 heteroatoms. The van der Waals surface area contributed by atoms with Crippen molar-refractivity contribution in [1.82, 2.24) is 15.0 Å². The number of furan rings is 1. The van der Waals surface area contributed by atoms with Crippen molar-refractivity contribution < 1.29 is 4.42 Å². The molecule has 0 atom stereocenters. The van der Waals surface area contributed by atoms with E-state index in [4.69, 9.17) is 19.4 Å². The summed E-state index contributed by atoms with van der Waals surface area (Å²) in [4.78, 5) is 14.8. The van der Waals surface area contributed by atoms with E-state index in [1.54, 1.807) is 11.1 Å². The van der Waals surface area contributed by atoms with E-state index in [0.29, 0.717) is 29.3 Å². The van der Waals surface area contributed by atoms with E-state index in [9.17, 15) is 0 Å². The molecule has 0 saturated heterocycles. The maximum absolute atomic E-state index is 6.25. The molecule has 310 valence electrons. The smallest absolute Gasteiger partial charge is 0.164 e. The van der Waals surface area contributed by atoms with E-state index >= 15 is 0 Å². The molecule has 0 unspecified atom stereocenters. The van der Waals surface area contributed by atoms with Crippen molar-refractivity contribution in [2.75, 3.05) is 0 Å². The molecule has 1 spiro atoms. The Balaban J connectivity index is 0.833. The fraction of sp³-hybridized carbons (Fsp3) is 0.164. The third kappa shape index (κ3) is 5.72. The van der Waals surface area contributed by atoms with Crippen LogP contribution in [0.4, 0.5) is 0 Å². The average molecular weight is 836 g/mol. The summed E-state index contributed by atoms with van der Waals surface area (Å²) in [7, 11) is 0. The molecule has 5 aliphatic rings. The fourth-order valence-corrected chi connectivity index (χ4v) is 13.2. The van der Waals surface area contributed by atoms with Crippen LogP contribution < -0.4 is 0 Å². The zero-order chi connectivity index (χ0) is 42.6. The highest BCUT2D eigenvalue weighted by molar-refractivity contribution is 6.06. The summed E-state index contributed by atoms with van der Waals surface area (Å²) in [5.41, 5.74) is 18.4. The van der Waals surface area contributed by atoms with Crippen molar-refractivity contribution in [3.63, 3.8) is 0 Å². The lowest BCUT2D eigenvalue weighted by atomic mass is 9.43. The van der Waals surface area contributed by atoms with Crippen molar-refractivity contribution in [1.29, 1.82) is 0 Å². The van der Waals surface area contributed by atoms with Crippen LogP contribution in [0.3, 0.4) is 0 Å². The van der Waals surface area contributed by atoms with Gasteiger partial charge in [-0.15, -0.1) is 0 Å². The SMILES string of the molecule is c1ccc(-c2nc(-c3ccccc3)nc(-c3ccc(-c4ccc(-c5cccc6c5-c5ccc(-c7ccc8oc9ccccc9c8c7)cc5C65C6CC7CC(C6)CC5C7)cc4)cc3)n2)cc1. The number of nitrogens with zero attached hydrogens (tertiary/aromatic N) is 3. The Morgan fingerprint density at radius 2 is 0.862 bits per heavy atom. The lowest BCUT2D eigenvalue weighted by Gasteiger charge is -2.61. The van der Waals surface area contributed by atoms with E-state index in [1.807, 2.05) is 60.7 Å². The highest BCUT2D eigenvalue weighted by Crippen LogP contribution is 2.70. The van der Waals surface area contributed by atoms with E-state index in [1.165, 1.54) is 81.8 Å². The van der Waals surface area contributed by atoms with Crippen molar-refractivity contribution in [3.8, 4) is 78.7 Å². The zero-order valence-electron chi connectivity index (χ0n) is 36.0. The number of rotatable bonds is 6. The van der Waals surface area contributed by atoms with Gasteiger partial charge >= 0.3 is 0 Å². The molecule has 10 aromatic rings. The van der Waals surface area contributed by atoms with Crippen molar-refractivity contribution in [2.24, 2.45) is 23.7 Å². The quantitative estimate of drug-likeness (QED) is 0.167. The van der Waals surface area contributed by atoms with Crippen molar-refractivity contribution in [3.05, 3.63) is 199 Å². The summed E-state index contributed by atoms with van der Waals surface area (Å²) < 4.78 is 6.25. The Morgan fingerprint density at radius 3 is 1.51 bits per heavy atom. The molecule has 2 aromatic heterocycles. The molecule has 65 heavy (non-hydrogen) atoms. The molecule has 4 saturated carbocycles. The Hall–Kier alpha value is -7.43. The Bertz CT molecular complexity index is 3390. The standard InChI is InChI=1S/C61H45N3O/c1-3-10-42(11-4-1)58-62-59(43-12-5-2-6-13-43)64-60(63-58)44-24-20-40(21-25-44)39-18-22-41(23-19-39)49-15-9-16-53-57(49)51-28-26-46(45-27-29-56-52(35-45)50-14-7-8-17-55(50)65-56)36-54(51)61(53)47-31-37-30-38(33-47)34-48(61)32-37/h1-29,35-38,47-48H,30-34H2. The lowest BCUT2D eigenvalue weighted by molar-refractivity contribution is -0.0399. The van der Waals surface area contributed by atoms with Crippen LogP contribution in [0.25, 0.3) is 101 Å². The third-order valence-corrected chi connectivity index (χ3v) is 15.8. The normalized spacial score (nSPS) is 21.3. The van der Waals surface area contributed by atoms with Crippen LogP contribution in [0.2, 0.25) is 0 Å². The van der Waals surface area contributed by atoms with Gasteiger partial charge in [0.2, 0.25) is 0 Å². The molecular formula is C61H45N3O. The highest BCUT2D eigenvalue weighted by Gasteiger charge is 2.61. The second-order valence-electron chi connectivity index (χ2n) is 19.2. The van der Waals surface area contributed by atoms with E-state index in [0.717, 1.165) is 45.3 Å². The van der Waals surface area contributed by atoms with E-state index in [-0.39, 0.29) is 5.41 Å².